The molecule has 154 valence electrons. The summed E-state index contributed by atoms with van der Waals surface area (Å²) in [6.45, 7) is 6.11. The third kappa shape index (κ3) is 8.71. The average Bonchev–Trinajstić information content (AvgIpc) is 2.49. The van der Waals surface area contributed by atoms with Crippen molar-refractivity contribution in [3.8, 4) is 0 Å². The summed E-state index contributed by atoms with van der Waals surface area (Å²) in [5, 5.41) is 7.78. The molecule has 1 aromatic carbocycles. The number of aromatic nitrogens is 1. The van der Waals surface area contributed by atoms with Crippen molar-refractivity contribution in [3.63, 3.8) is 0 Å². The first-order valence-corrected chi connectivity index (χ1v) is 10.5. The molecule has 10 nitrogen and oxygen atoms in total. The van der Waals surface area contributed by atoms with Gasteiger partial charge in [0.2, 0.25) is 16.6 Å². The lowest BCUT2D eigenvalue weighted by Gasteiger charge is -2.17. The molecule has 1 aromatic heterocycles. The Morgan fingerprint density at radius 1 is 1.04 bits per heavy atom. The van der Waals surface area contributed by atoms with E-state index in [-0.39, 0.29) is 17.3 Å². The molecule has 0 aliphatic heterocycles. The van der Waals surface area contributed by atoms with Gasteiger partial charge in [-0.15, -0.1) is 10.2 Å². The van der Waals surface area contributed by atoms with E-state index >= 15 is 0 Å². The van der Waals surface area contributed by atoms with Crippen molar-refractivity contribution >= 4 is 21.6 Å². The Morgan fingerprint density at radius 3 is 1.86 bits per heavy atom. The third-order valence-electron chi connectivity index (χ3n) is 3.49. The maximum atomic E-state index is 12.2. The number of hydrogen-bond acceptors (Lipinski definition) is 7. The predicted molar refractivity (Wildman–Crippen MR) is 87.3 cm³/mol. The average molecular weight is 434 g/mol. The lowest BCUT2D eigenvalue weighted by Crippen LogP contribution is -2.68. The molecule has 0 aliphatic rings. The van der Waals surface area contributed by atoms with E-state index in [0.717, 1.165) is 17.0 Å². The highest BCUT2D eigenvalue weighted by atomic mass is 35.7. The number of sulfonamides is 1. The summed E-state index contributed by atoms with van der Waals surface area (Å²) in [7, 11) is -8.67. The maximum absolute atomic E-state index is 12.2. The summed E-state index contributed by atoms with van der Waals surface area (Å²) >= 11 is 0. The van der Waals surface area contributed by atoms with E-state index in [1.54, 1.807) is 0 Å². The van der Waals surface area contributed by atoms with Crippen LogP contribution in [0.2, 0.25) is 0 Å². The van der Waals surface area contributed by atoms with Crippen LogP contribution in [0.15, 0.2) is 41.3 Å². The molecule has 2 rings (SSSR count). The second-order valence-corrected chi connectivity index (χ2v) is 8.21. The maximum Gasteiger partial charge on any atom is 0.290 e. The second-order valence-electron chi connectivity index (χ2n) is 5.90. The number of nitrogens with zero attached hydrogens (tertiary/aromatic N) is 1. The van der Waals surface area contributed by atoms with Crippen molar-refractivity contribution in [2.45, 2.75) is 32.2 Å². The number of primary sulfonamides is 1. The van der Waals surface area contributed by atoms with Crippen LogP contribution in [-0.4, -0.2) is 14.3 Å². The summed E-state index contributed by atoms with van der Waals surface area (Å²) in [6.07, 6.45) is 0. The van der Waals surface area contributed by atoms with E-state index < -0.39 is 20.3 Å². The molecule has 0 bridgehead atoms. The highest BCUT2D eigenvalue weighted by Crippen LogP contribution is 2.12. The summed E-state index contributed by atoms with van der Waals surface area (Å²) < 4.78 is 58.3. The number of halogens is 1. The van der Waals surface area contributed by atoms with Gasteiger partial charge in [0.05, 0.1) is 4.90 Å². The van der Waals surface area contributed by atoms with Gasteiger partial charge in [0.1, 0.15) is 0 Å². The van der Waals surface area contributed by atoms with E-state index in [1.807, 2.05) is 37.5 Å². The van der Waals surface area contributed by atoms with Crippen LogP contribution in [-0.2, 0) is 21.4 Å². The molecule has 0 saturated heterocycles. The van der Waals surface area contributed by atoms with Crippen molar-refractivity contribution in [1.29, 1.82) is 0 Å². The first-order chi connectivity index (χ1) is 12.7. The van der Waals surface area contributed by atoms with Gasteiger partial charge in [-0.25, -0.2) is 32.2 Å². The highest BCUT2D eigenvalue weighted by Gasteiger charge is 2.16. The minimum Gasteiger partial charge on any atom is -0.321 e. The molecule has 28 heavy (non-hydrogen) atoms. The Kier molecular flexibility index (Phi) is 8.02. The number of nitrogens with two attached hydrogens (primary N) is 1. The molecule has 0 unspecified atom stereocenters. The van der Waals surface area contributed by atoms with Gasteiger partial charge >= 0.3 is 0 Å². The van der Waals surface area contributed by atoms with Crippen molar-refractivity contribution in [3.05, 3.63) is 53.3 Å². The number of pyridine rings is 1. The summed E-state index contributed by atoms with van der Waals surface area (Å²) in [6, 6.07) is 9.78. The van der Waals surface area contributed by atoms with E-state index in [4.69, 9.17) is 23.8 Å². The zero-order valence-corrected chi connectivity index (χ0v) is 16.9. The molecule has 0 spiro atoms. The van der Waals surface area contributed by atoms with Crippen LogP contribution >= 0.6 is 0 Å². The number of benzene rings is 1. The lowest BCUT2D eigenvalue weighted by molar-refractivity contribution is -2.00. The number of anilines is 1. The minimum atomic E-state index is -4.94. The van der Waals surface area contributed by atoms with Crippen molar-refractivity contribution in [1.82, 2.24) is 0 Å². The number of carbonyl (C=O) groups is 1. The molecule has 0 radical (unpaired) electrons. The van der Waals surface area contributed by atoms with Crippen LogP contribution < -0.4 is 33.7 Å². The van der Waals surface area contributed by atoms with Gasteiger partial charge in [0.15, 0.2) is 11.4 Å². The van der Waals surface area contributed by atoms with Crippen LogP contribution in [0.4, 0.5) is 5.69 Å². The quantitative estimate of drug-likeness (QED) is 0.466. The van der Waals surface area contributed by atoms with Crippen molar-refractivity contribution < 1.29 is 46.7 Å². The number of rotatable bonds is 4. The van der Waals surface area contributed by atoms with Crippen LogP contribution in [0.5, 0.6) is 0 Å². The minimum absolute atomic E-state index is 0.00935. The second kappa shape index (κ2) is 9.39. The van der Waals surface area contributed by atoms with Gasteiger partial charge in [-0.05, 0) is 36.8 Å². The molecule has 0 fully saturated rings. The third-order valence-corrected chi connectivity index (χ3v) is 4.42. The van der Waals surface area contributed by atoms with E-state index in [2.05, 4.69) is 5.32 Å². The first-order valence-electron chi connectivity index (χ1n) is 7.69. The van der Waals surface area contributed by atoms with E-state index in [0.29, 0.717) is 5.69 Å². The summed E-state index contributed by atoms with van der Waals surface area (Å²) in [4.78, 5) is 12.2. The van der Waals surface area contributed by atoms with Gasteiger partial charge in [0, 0.05) is 31.7 Å². The van der Waals surface area contributed by atoms with Gasteiger partial charge in [-0.1, -0.05) is 0 Å². The molecule has 1 heterocycles. The lowest BCUT2D eigenvalue weighted by atomic mass is 10.2. The highest BCUT2D eigenvalue weighted by molar-refractivity contribution is 7.89. The van der Waals surface area contributed by atoms with Gasteiger partial charge in [-0.3, -0.25) is 4.79 Å². The fourth-order valence-corrected chi connectivity index (χ4v) is 2.97. The van der Waals surface area contributed by atoms with E-state index in [9.17, 15) is 13.2 Å². The monoisotopic (exact) mass is 433 g/mol. The number of hydrogen-bond donors (Lipinski definition) is 2. The summed E-state index contributed by atoms with van der Waals surface area (Å²) in [5.74, 6) is -0.187. The molecule has 0 saturated carbocycles. The van der Waals surface area contributed by atoms with Gasteiger partial charge < -0.3 is 5.32 Å². The zero-order valence-electron chi connectivity index (χ0n) is 15.3. The van der Waals surface area contributed by atoms with Crippen LogP contribution in [0.1, 0.15) is 17.0 Å². The Bertz CT molecular complexity index is 913. The smallest absolute Gasteiger partial charge is 0.290 e. The molecular formula is C16H20ClN3O7S. The number of carbonyl (C=O) groups excluding carboxylic acids is 1. The molecular weight excluding hydrogens is 414 g/mol. The molecule has 0 atom stereocenters. The molecule has 3 N–H and O–H groups in total. The number of nitrogens with one attached hydrogen (secondary N) is 1. The summed E-state index contributed by atoms with van der Waals surface area (Å²) in [5.41, 5.74) is 3.67. The van der Waals surface area contributed by atoms with E-state index in [1.165, 1.54) is 24.3 Å². The largest absolute Gasteiger partial charge is 0.321 e. The Morgan fingerprint density at radius 2 is 1.46 bits per heavy atom. The van der Waals surface area contributed by atoms with Crippen LogP contribution in [0, 0.1) is 31.0 Å². The predicted octanol–water partition coefficient (Wildman–Crippen LogP) is -3.57. The molecule has 0 aliphatic carbocycles. The Hall–Kier alpha value is -2.12. The fraction of sp³-hybridized carbons (Fsp3) is 0.250. The van der Waals surface area contributed by atoms with Crippen molar-refractivity contribution in [2.75, 3.05) is 5.32 Å². The topological polar surface area (TPSA) is 185 Å². The number of aryl methyl sites for hydroxylation is 3. The Balaban J connectivity index is 0.000000696. The zero-order chi connectivity index (χ0) is 21.7. The van der Waals surface area contributed by atoms with Gasteiger partial charge in [-0.2, -0.15) is 4.57 Å². The fourth-order valence-electron chi connectivity index (χ4n) is 2.46. The van der Waals surface area contributed by atoms with Crippen LogP contribution in [0.3, 0.4) is 0 Å². The molecule has 2 aromatic rings. The van der Waals surface area contributed by atoms with Crippen molar-refractivity contribution in [2.24, 2.45) is 5.14 Å². The Labute approximate surface area is 164 Å². The normalized spacial score (nSPS) is 11.4. The molecule has 12 heteroatoms. The van der Waals surface area contributed by atoms with Gasteiger partial charge in [0.25, 0.3) is 5.91 Å². The standard InChI is InChI=1S/C16H19N3O3S.ClHO4/c1-11-8-12(2)19(13(3)9-11)10-16(20)18-14-4-6-15(7-5-14)23(17,21)22;2-1(3,4)5/h4-9H,10H2,1-3H3,(H2-,17,18,20,21,22);(H,2,3,4,5). The SMILES string of the molecule is Cc1cc(C)[n+](CC(=O)Nc2ccc(S(N)(=O)=O)cc2)c(C)c1.[O-][Cl+3]([O-])([O-])[O-]. The number of amides is 1. The first kappa shape index (κ1) is 23.9. The van der Waals surface area contributed by atoms with Crippen LogP contribution in [0.25, 0.3) is 0 Å². The molecule has 1 amide bonds.